The fourth-order valence-corrected chi connectivity index (χ4v) is 5.11. The lowest BCUT2D eigenvalue weighted by atomic mass is 9.88. The number of hydrogen-bond acceptors (Lipinski definition) is 4. The van der Waals surface area contributed by atoms with E-state index in [9.17, 15) is 4.79 Å². The molecule has 1 aromatic carbocycles. The van der Waals surface area contributed by atoms with E-state index in [-0.39, 0.29) is 5.92 Å². The van der Waals surface area contributed by atoms with E-state index in [0.717, 1.165) is 67.0 Å². The molecule has 3 heterocycles. The van der Waals surface area contributed by atoms with E-state index in [1.807, 2.05) is 30.3 Å². The Kier molecular flexibility index (Phi) is 5.72. The summed E-state index contributed by atoms with van der Waals surface area (Å²) in [4.78, 5) is 23.5. The van der Waals surface area contributed by atoms with Crippen molar-refractivity contribution in [1.29, 1.82) is 0 Å². The van der Waals surface area contributed by atoms with E-state index in [2.05, 4.69) is 25.1 Å². The third kappa shape index (κ3) is 4.09. The third-order valence-corrected chi connectivity index (χ3v) is 6.92. The maximum atomic E-state index is 12.8. The zero-order valence-corrected chi connectivity index (χ0v) is 18.2. The normalized spacial score (nSPS) is 17.9. The SMILES string of the molecule is O=C(C1CCCC1)N1CCC(c2[nH]nc(-c3ccc(Cl)cc3)c2-c2ccncn2)CC1. The minimum atomic E-state index is 0.247. The summed E-state index contributed by atoms with van der Waals surface area (Å²) in [6.45, 7) is 1.61. The van der Waals surface area contributed by atoms with Crippen LogP contribution < -0.4 is 0 Å². The fraction of sp³-hybridized carbons (Fsp3) is 0.417. The van der Waals surface area contributed by atoms with Crippen LogP contribution in [0.4, 0.5) is 0 Å². The molecule has 1 amide bonds. The van der Waals surface area contributed by atoms with Crippen LogP contribution >= 0.6 is 11.6 Å². The van der Waals surface area contributed by atoms with Crippen molar-refractivity contribution in [3.05, 3.63) is 53.6 Å². The number of H-pyrrole nitrogens is 1. The second kappa shape index (κ2) is 8.79. The van der Waals surface area contributed by atoms with Gasteiger partial charge in [-0.15, -0.1) is 0 Å². The summed E-state index contributed by atoms with van der Waals surface area (Å²) in [6, 6.07) is 9.64. The molecule has 7 heteroatoms. The number of hydrogen-bond donors (Lipinski definition) is 1. The Hall–Kier alpha value is -2.73. The summed E-state index contributed by atoms with van der Waals surface area (Å²) >= 11 is 6.09. The Morgan fingerprint density at radius 1 is 1.03 bits per heavy atom. The number of amides is 1. The zero-order valence-electron chi connectivity index (χ0n) is 17.4. The topological polar surface area (TPSA) is 74.8 Å². The standard InChI is InChI=1S/C24H26ClN5O/c25-19-7-5-16(6-8-19)22-21(20-9-12-26-15-27-20)23(29-28-22)17-10-13-30(14-11-17)24(31)18-3-1-2-4-18/h5-9,12,15,17-18H,1-4,10-11,13-14H2,(H,28,29). The average Bonchev–Trinajstić information content (AvgIpc) is 3.50. The van der Waals surface area contributed by atoms with Crippen molar-refractivity contribution < 1.29 is 4.79 Å². The molecule has 1 saturated heterocycles. The largest absolute Gasteiger partial charge is 0.342 e. The summed E-state index contributed by atoms with van der Waals surface area (Å²) in [6.07, 6.45) is 9.68. The summed E-state index contributed by atoms with van der Waals surface area (Å²) < 4.78 is 0. The van der Waals surface area contributed by atoms with Crippen LogP contribution in [-0.4, -0.2) is 44.1 Å². The lowest BCUT2D eigenvalue weighted by Gasteiger charge is -2.33. The molecule has 5 rings (SSSR count). The number of rotatable bonds is 4. The summed E-state index contributed by atoms with van der Waals surface area (Å²) in [5.74, 6) is 0.918. The number of carbonyl (C=O) groups excluding carboxylic acids is 1. The van der Waals surface area contributed by atoms with E-state index in [0.29, 0.717) is 16.8 Å². The molecule has 0 bridgehead atoms. The number of piperidine rings is 1. The first-order chi connectivity index (χ1) is 15.2. The molecule has 1 saturated carbocycles. The Labute approximate surface area is 187 Å². The molecule has 160 valence electrons. The van der Waals surface area contributed by atoms with Crippen LogP contribution in [0.25, 0.3) is 22.5 Å². The first-order valence-electron chi connectivity index (χ1n) is 11.1. The van der Waals surface area contributed by atoms with Gasteiger partial charge in [0.25, 0.3) is 0 Å². The van der Waals surface area contributed by atoms with Gasteiger partial charge in [-0.1, -0.05) is 36.6 Å². The number of likely N-dealkylation sites (tertiary alicyclic amines) is 1. The van der Waals surface area contributed by atoms with E-state index >= 15 is 0 Å². The highest BCUT2D eigenvalue weighted by molar-refractivity contribution is 6.30. The first-order valence-corrected chi connectivity index (χ1v) is 11.5. The van der Waals surface area contributed by atoms with E-state index in [1.54, 1.807) is 12.5 Å². The Balaban J connectivity index is 1.42. The predicted molar refractivity (Wildman–Crippen MR) is 121 cm³/mol. The second-order valence-electron chi connectivity index (χ2n) is 8.54. The fourth-order valence-electron chi connectivity index (χ4n) is 4.98. The summed E-state index contributed by atoms with van der Waals surface area (Å²) in [5.41, 5.74) is 4.83. The monoisotopic (exact) mass is 435 g/mol. The van der Waals surface area contributed by atoms with Crippen molar-refractivity contribution in [2.75, 3.05) is 13.1 Å². The predicted octanol–water partition coefficient (Wildman–Crippen LogP) is 5.08. The van der Waals surface area contributed by atoms with Crippen molar-refractivity contribution >= 4 is 17.5 Å². The van der Waals surface area contributed by atoms with Gasteiger partial charge in [-0.2, -0.15) is 5.10 Å². The van der Waals surface area contributed by atoms with Crippen LogP contribution in [0, 0.1) is 5.92 Å². The molecular weight excluding hydrogens is 410 g/mol. The van der Waals surface area contributed by atoms with Gasteiger partial charge in [-0.05, 0) is 43.9 Å². The molecule has 1 aliphatic carbocycles. The second-order valence-corrected chi connectivity index (χ2v) is 8.98. The molecule has 0 radical (unpaired) electrons. The number of aromatic amines is 1. The highest BCUT2D eigenvalue weighted by Gasteiger charge is 2.32. The molecule has 0 unspecified atom stereocenters. The van der Waals surface area contributed by atoms with Gasteiger partial charge in [0.2, 0.25) is 5.91 Å². The number of halogens is 1. The highest BCUT2D eigenvalue weighted by Crippen LogP contribution is 2.39. The number of carbonyl (C=O) groups is 1. The number of aromatic nitrogens is 4. The van der Waals surface area contributed by atoms with Gasteiger partial charge in [0, 0.05) is 53.0 Å². The average molecular weight is 436 g/mol. The molecule has 6 nitrogen and oxygen atoms in total. The lowest BCUT2D eigenvalue weighted by molar-refractivity contribution is -0.136. The minimum Gasteiger partial charge on any atom is -0.342 e. The van der Waals surface area contributed by atoms with Gasteiger partial charge in [0.1, 0.15) is 12.0 Å². The van der Waals surface area contributed by atoms with Crippen molar-refractivity contribution in [2.24, 2.45) is 5.92 Å². The molecule has 0 spiro atoms. The molecule has 31 heavy (non-hydrogen) atoms. The lowest BCUT2D eigenvalue weighted by Crippen LogP contribution is -2.40. The maximum Gasteiger partial charge on any atom is 0.225 e. The first kappa shape index (κ1) is 20.2. The quantitative estimate of drug-likeness (QED) is 0.619. The van der Waals surface area contributed by atoms with Gasteiger partial charge in [0.15, 0.2) is 0 Å². The van der Waals surface area contributed by atoms with Crippen molar-refractivity contribution in [2.45, 2.75) is 44.4 Å². The van der Waals surface area contributed by atoms with Crippen LogP contribution in [0.1, 0.15) is 50.1 Å². The Morgan fingerprint density at radius 2 is 1.77 bits per heavy atom. The smallest absolute Gasteiger partial charge is 0.225 e. The van der Waals surface area contributed by atoms with Gasteiger partial charge in [-0.25, -0.2) is 9.97 Å². The van der Waals surface area contributed by atoms with Gasteiger partial charge in [-0.3, -0.25) is 9.89 Å². The zero-order chi connectivity index (χ0) is 21.2. The molecule has 2 aromatic heterocycles. The van der Waals surface area contributed by atoms with E-state index in [1.165, 1.54) is 12.8 Å². The summed E-state index contributed by atoms with van der Waals surface area (Å²) in [5, 5.41) is 8.68. The molecular formula is C24H26ClN5O. The number of benzene rings is 1. The molecule has 1 N–H and O–H groups in total. The van der Waals surface area contributed by atoms with Crippen LogP contribution in [-0.2, 0) is 4.79 Å². The van der Waals surface area contributed by atoms with Crippen molar-refractivity contribution in [1.82, 2.24) is 25.1 Å². The highest BCUT2D eigenvalue weighted by atomic mass is 35.5. The van der Waals surface area contributed by atoms with Crippen molar-refractivity contribution in [3.63, 3.8) is 0 Å². The minimum absolute atomic E-state index is 0.247. The molecule has 3 aromatic rings. The maximum absolute atomic E-state index is 12.8. The number of nitrogens with zero attached hydrogens (tertiary/aromatic N) is 4. The summed E-state index contributed by atoms with van der Waals surface area (Å²) in [7, 11) is 0. The van der Waals surface area contributed by atoms with Crippen LogP contribution in [0.15, 0.2) is 42.9 Å². The van der Waals surface area contributed by atoms with E-state index < -0.39 is 0 Å². The molecule has 2 aliphatic rings. The molecule has 0 atom stereocenters. The van der Waals surface area contributed by atoms with Crippen LogP contribution in [0.2, 0.25) is 5.02 Å². The van der Waals surface area contributed by atoms with Crippen LogP contribution in [0.5, 0.6) is 0 Å². The third-order valence-electron chi connectivity index (χ3n) is 6.67. The van der Waals surface area contributed by atoms with Gasteiger partial charge >= 0.3 is 0 Å². The molecule has 1 aliphatic heterocycles. The van der Waals surface area contributed by atoms with Crippen LogP contribution in [0.3, 0.4) is 0 Å². The molecule has 2 fully saturated rings. The van der Waals surface area contributed by atoms with Crippen molar-refractivity contribution in [3.8, 4) is 22.5 Å². The van der Waals surface area contributed by atoms with Gasteiger partial charge < -0.3 is 4.90 Å². The Bertz CT molecular complexity index is 1040. The Morgan fingerprint density at radius 3 is 2.45 bits per heavy atom. The van der Waals surface area contributed by atoms with E-state index in [4.69, 9.17) is 11.6 Å². The number of nitrogens with one attached hydrogen (secondary N) is 1. The van der Waals surface area contributed by atoms with Gasteiger partial charge in [0.05, 0.1) is 5.69 Å².